The highest BCUT2D eigenvalue weighted by Gasteiger charge is 2.43. The molecule has 0 saturated heterocycles. The van der Waals surface area contributed by atoms with E-state index in [1.165, 1.54) is 12.8 Å². The SMILES string of the molecule is CC#CCC(NCC)C1(C)CC1. The largest absolute Gasteiger partial charge is 0.313 e. The van der Waals surface area contributed by atoms with E-state index in [9.17, 15) is 0 Å². The molecule has 12 heavy (non-hydrogen) atoms. The molecule has 0 spiro atoms. The van der Waals surface area contributed by atoms with Crippen molar-refractivity contribution in [1.82, 2.24) is 5.32 Å². The van der Waals surface area contributed by atoms with Gasteiger partial charge in [-0.1, -0.05) is 13.8 Å². The Morgan fingerprint density at radius 2 is 2.17 bits per heavy atom. The summed E-state index contributed by atoms with van der Waals surface area (Å²) in [6.45, 7) is 7.50. The molecule has 1 rings (SSSR count). The minimum Gasteiger partial charge on any atom is -0.313 e. The van der Waals surface area contributed by atoms with Gasteiger partial charge in [0.05, 0.1) is 0 Å². The van der Waals surface area contributed by atoms with Crippen LogP contribution in [0.4, 0.5) is 0 Å². The van der Waals surface area contributed by atoms with Crippen molar-refractivity contribution in [2.75, 3.05) is 6.54 Å². The van der Waals surface area contributed by atoms with Crippen LogP contribution < -0.4 is 5.32 Å². The first kappa shape index (κ1) is 9.61. The molecule has 1 aliphatic rings. The summed E-state index contributed by atoms with van der Waals surface area (Å²) < 4.78 is 0. The van der Waals surface area contributed by atoms with E-state index >= 15 is 0 Å². The van der Waals surface area contributed by atoms with E-state index in [2.05, 4.69) is 31.0 Å². The van der Waals surface area contributed by atoms with Gasteiger partial charge in [0.15, 0.2) is 0 Å². The van der Waals surface area contributed by atoms with Crippen LogP contribution in [0, 0.1) is 17.3 Å². The average Bonchev–Trinajstić information content (AvgIpc) is 2.78. The van der Waals surface area contributed by atoms with Crippen molar-refractivity contribution in [3.8, 4) is 11.8 Å². The van der Waals surface area contributed by atoms with Crippen LogP contribution in [0.1, 0.15) is 40.0 Å². The van der Waals surface area contributed by atoms with E-state index in [4.69, 9.17) is 0 Å². The molecule has 1 fully saturated rings. The molecule has 0 radical (unpaired) electrons. The van der Waals surface area contributed by atoms with Gasteiger partial charge in [-0.2, -0.15) is 0 Å². The van der Waals surface area contributed by atoms with Crippen LogP contribution in [0.25, 0.3) is 0 Å². The second-order valence-electron chi connectivity index (χ2n) is 3.90. The van der Waals surface area contributed by atoms with Gasteiger partial charge in [0.25, 0.3) is 0 Å². The third-order valence-corrected chi connectivity index (χ3v) is 2.81. The Hall–Kier alpha value is -0.480. The topological polar surface area (TPSA) is 12.0 Å². The smallest absolute Gasteiger partial charge is 0.0248 e. The summed E-state index contributed by atoms with van der Waals surface area (Å²) in [6, 6.07) is 0.620. The van der Waals surface area contributed by atoms with Gasteiger partial charge in [0.1, 0.15) is 0 Å². The summed E-state index contributed by atoms with van der Waals surface area (Å²) in [5, 5.41) is 3.52. The molecule has 0 amide bonds. The van der Waals surface area contributed by atoms with Gasteiger partial charge in [0.2, 0.25) is 0 Å². The molecule has 1 saturated carbocycles. The molecule has 0 aromatic carbocycles. The van der Waals surface area contributed by atoms with Crippen LogP contribution in [-0.4, -0.2) is 12.6 Å². The third-order valence-electron chi connectivity index (χ3n) is 2.81. The number of hydrogen-bond acceptors (Lipinski definition) is 1. The second-order valence-corrected chi connectivity index (χ2v) is 3.90. The molecular weight excluding hydrogens is 146 g/mol. The van der Waals surface area contributed by atoms with Crippen LogP contribution in [0.15, 0.2) is 0 Å². The van der Waals surface area contributed by atoms with Crippen LogP contribution >= 0.6 is 0 Å². The molecule has 0 bridgehead atoms. The summed E-state index contributed by atoms with van der Waals surface area (Å²) in [5.41, 5.74) is 0.555. The molecule has 0 heterocycles. The molecule has 1 unspecified atom stereocenters. The predicted octanol–water partition coefficient (Wildman–Crippen LogP) is 2.18. The van der Waals surface area contributed by atoms with Gasteiger partial charge in [-0.15, -0.1) is 11.8 Å². The van der Waals surface area contributed by atoms with E-state index < -0.39 is 0 Å². The Morgan fingerprint density at radius 3 is 2.58 bits per heavy atom. The Kier molecular flexibility index (Phi) is 3.17. The average molecular weight is 165 g/mol. The first-order valence-electron chi connectivity index (χ1n) is 4.86. The molecule has 1 heteroatoms. The van der Waals surface area contributed by atoms with Gasteiger partial charge in [-0.05, 0) is 31.7 Å². The van der Waals surface area contributed by atoms with Crippen molar-refractivity contribution in [2.24, 2.45) is 5.41 Å². The first-order chi connectivity index (χ1) is 5.73. The standard InChI is InChI=1S/C11H19N/c1-4-6-7-10(12-5-2)11(3)8-9-11/h10,12H,5,7-9H2,1-3H3. The maximum atomic E-state index is 3.52. The zero-order valence-electron chi connectivity index (χ0n) is 8.41. The van der Waals surface area contributed by atoms with Gasteiger partial charge < -0.3 is 5.32 Å². The van der Waals surface area contributed by atoms with Crippen molar-refractivity contribution in [3.05, 3.63) is 0 Å². The fourth-order valence-electron chi connectivity index (χ4n) is 1.56. The summed E-state index contributed by atoms with van der Waals surface area (Å²) in [4.78, 5) is 0. The summed E-state index contributed by atoms with van der Waals surface area (Å²) in [5.74, 6) is 6.13. The molecule has 1 N–H and O–H groups in total. The molecule has 1 aliphatic carbocycles. The lowest BCUT2D eigenvalue weighted by Gasteiger charge is -2.21. The summed E-state index contributed by atoms with van der Waals surface area (Å²) in [7, 11) is 0. The quantitative estimate of drug-likeness (QED) is 0.630. The van der Waals surface area contributed by atoms with E-state index in [0.717, 1.165) is 13.0 Å². The van der Waals surface area contributed by atoms with Gasteiger partial charge in [-0.3, -0.25) is 0 Å². The monoisotopic (exact) mass is 165 g/mol. The molecule has 0 aromatic heterocycles. The lowest BCUT2D eigenvalue weighted by molar-refractivity contribution is 0.369. The van der Waals surface area contributed by atoms with Crippen LogP contribution in [0.2, 0.25) is 0 Å². The second kappa shape index (κ2) is 3.96. The van der Waals surface area contributed by atoms with Crippen molar-refractivity contribution in [2.45, 2.75) is 46.1 Å². The summed E-state index contributed by atoms with van der Waals surface area (Å²) in [6.07, 6.45) is 3.76. The predicted molar refractivity (Wildman–Crippen MR) is 52.9 cm³/mol. The Balaban J connectivity index is 2.41. The maximum absolute atomic E-state index is 3.52. The van der Waals surface area contributed by atoms with Crippen molar-refractivity contribution < 1.29 is 0 Å². The van der Waals surface area contributed by atoms with E-state index in [0.29, 0.717) is 11.5 Å². The fraction of sp³-hybridized carbons (Fsp3) is 0.818. The molecule has 1 atom stereocenters. The Bertz CT molecular complexity index is 193. The zero-order chi connectivity index (χ0) is 9.03. The fourth-order valence-corrected chi connectivity index (χ4v) is 1.56. The molecule has 0 aromatic rings. The lowest BCUT2D eigenvalue weighted by atomic mass is 9.96. The number of hydrogen-bond donors (Lipinski definition) is 1. The minimum absolute atomic E-state index is 0.555. The molecule has 0 aliphatic heterocycles. The maximum Gasteiger partial charge on any atom is 0.0248 e. The third kappa shape index (κ3) is 2.25. The van der Waals surface area contributed by atoms with Crippen LogP contribution in [-0.2, 0) is 0 Å². The van der Waals surface area contributed by atoms with Crippen LogP contribution in [0.3, 0.4) is 0 Å². The first-order valence-corrected chi connectivity index (χ1v) is 4.86. The zero-order valence-corrected chi connectivity index (χ0v) is 8.41. The summed E-state index contributed by atoms with van der Waals surface area (Å²) >= 11 is 0. The highest BCUT2D eigenvalue weighted by Crippen LogP contribution is 2.48. The van der Waals surface area contributed by atoms with E-state index in [-0.39, 0.29) is 0 Å². The van der Waals surface area contributed by atoms with Crippen molar-refractivity contribution in [1.29, 1.82) is 0 Å². The normalized spacial score (nSPS) is 20.9. The van der Waals surface area contributed by atoms with Gasteiger partial charge >= 0.3 is 0 Å². The van der Waals surface area contributed by atoms with Gasteiger partial charge in [0, 0.05) is 12.5 Å². The number of nitrogens with one attached hydrogen (secondary N) is 1. The van der Waals surface area contributed by atoms with Crippen molar-refractivity contribution >= 4 is 0 Å². The Labute approximate surface area is 75.9 Å². The van der Waals surface area contributed by atoms with Crippen LogP contribution in [0.5, 0.6) is 0 Å². The van der Waals surface area contributed by atoms with E-state index in [1.807, 2.05) is 6.92 Å². The molecule has 68 valence electrons. The number of rotatable bonds is 4. The Morgan fingerprint density at radius 1 is 1.50 bits per heavy atom. The van der Waals surface area contributed by atoms with E-state index in [1.54, 1.807) is 0 Å². The highest BCUT2D eigenvalue weighted by molar-refractivity contribution is 5.06. The molecule has 1 nitrogen and oxygen atoms in total. The van der Waals surface area contributed by atoms with Gasteiger partial charge in [-0.25, -0.2) is 0 Å². The van der Waals surface area contributed by atoms with Crippen molar-refractivity contribution in [3.63, 3.8) is 0 Å². The molecular formula is C11H19N. The minimum atomic E-state index is 0.555. The lowest BCUT2D eigenvalue weighted by Crippen LogP contribution is -2.35. The highest BCUT2D eigenvalue weighted by atomic mass is 14.9.